The minimum Gasteiger partial charge on any atom is -0.458 e. The summed E-state index contributed by atoms with van der Waals surface area (Å²) in [6.45, 7) is 0. The van der Waals surface area contributed by atoms with E-state index in [9.17, 15) is 13.6 Å². The summed E-state index contributed by atoms with van der Waals surface area (Å²) in [6, 6.07) is 10.5. The van der Waals surface area contributed by atoms with Crippen LogP contribution in [0.2, 0.25) is 0 Å². The van der Waals surface area contributed by atoms with Crippen molar-refractivity contribution in [3.8, 4) is 5.75 Å². The van der Waals surface area contributed by atoms with Crippen molar-refractivity contribution in [3.05, 3.63) is 99.8 Å². The molecule has 142 valence electrons. The molecule has 1 aliphatic rings. The van der Waals surface area contributed by atoms with Crippen LogP contribution in [-0.2, 0) is 7.05 Å². The van der Waals surface area contributed by atoms with Crippen molar-refractivity contribution in [3.63, 3.8) is 0 Å². The molecule has 0 fully saturated rings. The molecule has 6 heteroatoms. The zero-order chi connectivity index (χ0) is 19.8. The van der Waals surface area contributed by atoms with Crippen LogP contribution in [0, 0.1) is 11.6 Å². The second-order valence-electron chi connectivity index (χ2n) is 6.79. The molecular formula is C22H18F2N2O2. The minimum absolute atomic E-state index is 0.0688. The lowest BCUT2D eigenvalue weighted by atomic mass is 9.87. The number of fused-ring (bicyclic) bond motifs is 1. The minimum atomic E-state index is -0.785. The smallest absolute Gasteiger partial charge is 0.258 e. The summed E-state index contributed by atoms with van der Waals surface area (Å²) in [5.74, 6) is -1.37. The first-order valence-electron chi connectivity index (χ1n) is 8.81. The Kier molecular flexibility index (Phi) is 4.47. The van der Waals surface area contributed by atoms with Gasteiger partial charge in [-0.2, -0.15) is 0 Å². The number of aromatic nitrogens is 1. The SMILES string of the molecule is Cn1cc(C2CC(N)=CC=C2Oc2ccc(F)cc2F)c2ccccc2c1=O. The van der Waals surface area contributed by atoms with Crippen LogP contribution in [0.3, 0.4) is 0 Å². The standard InChI is InChI=1S/C22H18F2N2O2/c1-26-12-18(15-4-2-3-5-16(15)22(26)27)17-11-14(25)7-9-20(17)28-21-8-6-13(23)10-19(21)24/h2-10,12,17H,11,25H2,1H3. The Labute approximate surface area is 160 Å². The number of hydrogen-bond acceptors (Lipinski definition) is 3. The Hall–Kier alpha value is -3.41. The zero-order valence-electron chi connectivity index (χ0n) is 15.2. The molecule has 4 nitrogen and oxygen atoms in total. The van der Waals surface area contributed by atoms with Gasteiger partial charge in [0.1, 0.15) is 11.6 Å². The number of rotatable bonds is 3. The third-order valence-corrected chi connectivity index (χ3v) is 4.86. The van der Waals surface area contributed by atoms with Crippen LogP contribution in [0.4, 0.5) is 8.78 Å². The average molecular weight is 380 g/mol. The van der Waals surface area contributed by atoms with Gasteiger partial charge in [0.05, 0.1) is 0 Å². The van der Waals surface area contributed by atoms with Gasteiger partial charge in [0.15, 0.2) is 11.6 Å². The summed E-state index contributed by atoms with van der Waals surface area (Å²) in [4.78, 5) is 12.5. The molecule has 1 atom stereocenters. The Morgan fingerprint density at radius 2 is 1.86 bits per heavy atom. The van der Waals surface area contributed by atoms with Gasteiger partial charge in [-0.15, -0.1) is 0 Å². The third-order valence-electron chi connectivity index (χ3n) is 4.86. The number of pyridine rings is 1. The monoisotopic (exact) mass is 380 g/mol. The molecule has 4 rings (SSSR count). The molecule has 1 unspecified atom stereocenters. The molecule has 1 heterocycles. The molecule has 0 bridgehead atoms. The normalized spacial score (nSPS) is 16.6. The van der Waals surface area contributed by atoms with E-state index in [1.165, 1.54) is 10.6 Å². The van der Waals surface area contributed by atoms with Gasteiger partial charge in [0, 0.05) is 42.7 Å². The summed E-state index contributed by atoms with van der Waals surface area (Å²) in [5.41, 5.74) is 7.44. The van der Waals surface area contributed by atoms with Crippen LogP contribution in [0.15, 0.2) is 77.1 Å². The van der Waals surface area contributed by atoms with Gasteiger partial charge < -0.3 is 15.0 Å². The molecule has 0 amide bonds. The zero-order valence-corrected chi connectivity index (χ0v) is 15.2. The first-order chi connectivity index (χ1) is 13.4. The number of nitrogens with zero attached hydrogens (tertiary/aromatic N) is 1. The van der Waals surface area contributed by atoms with Crippen LogP contribution in [-0.4, -0.2) is 4.57 Å². The number of benzene rings is 2. The predicted octanol–water partition coefficient (Wildman–Crippen LogP) is 4.11. The van der Waals surface area contributed by atoms with Gasteiger partial charge in [-0.05, 0) is 41.3 Å². The number of ether oxygens (including phenoxy) is 1. The molecule has 28 heavy (non-hydrogen) atoms. The summed E-state index contributed by atoms with van der Waals surface area (Å²) in [6.07, 6.45) is 5.60. The highest BCUT2D eigenvalue weighted by atomic mass is 19.1. The second-order valence-corrected chi connectivity index (χ2v) is 6.79. The van der Waals surface area contributed by atoms with E-state index in [0.29, 0.717) is 23.3 Å². The molecule has 2 aromatic carbocycles. The Balaban J connectivity index is 1.83. The Morgan fingerprint density at radius 3 is 2.61 bits per heavy atom. The van der Waals surface area contributed by atoms with Crippen LogP contribution < -0.4 is 16.0 Å². The van der Waals surface area contributed by atoms with Crippen molar-refractivity contribution >= 4 is 10.8 Å². The van der Waals surface area contributed by atoms with Crippen LogP contribution in [0.5, 0.6) is 5.75 Å². The van der Waals surface area contributed by atoms with E-state index in [4.69, 9.17) is 10.5 Å². The van der Waals surface area contributed by atoms with Crippen molar-refractivity contribution in [1.82, 2.24) is 4.57 Å². The molecular weight excluding hydrogens is 362 g/mol. The van der Waals surface area contributed by atoms with Crippen molar-refractivity contribution in [2.45, 2.75) is 12.3 Å². The van der Waals surface area contributed by atoms with E-state index < -0.39 is 11.6 Å². The average Bonchev–Trinajstić information content (AvgIpc) is 2.68. The molecule has 2 N–H and O–H groups in total. The number of hydrogen-bond donors (Lipinski definition) is 1. The number of allylic oxidation sites excluding steroid dienone is 4. The van der Waals surface area contributed by atoms with Crippen molar-refractivity contribution in [2.24, 2.45) is 12.8 Å². The number of halogens is 2. The van der Waals surface area contributed by atoms with E-state index in [1.807, 2.05) is 18.2 Å². The quantitative estimate of drug-likeness (QED) is 0.744. The summed E-state index contributed by atoms with van der Waals surface area (Å²) < 4.78 is 34.6. The summed E-state index contributed by atoms with van der Waals surface area (Å²) in [7, 11) is 1.68. The maximum atomic E-state index is 14.1. The van der Waals surface area contributed by atoms with E-state index >= 15 is 0 Å². The van der Waals surface area contributed by atoms with Crippen LogP contribution in [0.25, 0.3) is 10.8 Å². The molecule has 0 spiro atoms. The highest BCUT2D eigenvalue weighted by molar-refractivity contribution is 5.85. The highest BCUT2D eigenvalue weighted by Gasteiger charge is 2.26. The lowest BCUT2D eigenvalue weighted by Crippen LogP contribution is -2.21. The fourth-order valence-electron chi connectivity index (χ4n) is 3.49. The van der Waals surface area contributed by atoms with E-state index in [2.05, 4.69) is 0 Å². The van der Waals surface area contributed by atoms with Crippen molar-refractivity contribution < 1.29 is 13.5 Å². The van der Waals surface area contributed by atoms with Gasteiger partial charge >= 0.3 is 0 Å². The third kappa shape index (κ3) is 3.17. The maximum Gasteiger partial charge on any atom is 0.258 e. The fraction of sp³-hybridized carbons (Fsp3) is 0.136. The number of nitrogens with two attached hydrogens (primary N) is 1. The van der Waals surface area contributed by atoms with Crippen LogP contribution in [0.1, 0.15) is 17.9 Å². The van der Waals surface area contributed by atoms with E-state index in [1.54, 1.807) is 31.5 Å². The van der Waals surface area contributed by atoms with Crippen molar-refractivity contribution in [1.29, 1.82) is 0 Å². The predicted molar refractivity (Wildman–Crippen MR) is 104 cm³/mol. The first kappa shape index (κ1) is 18.0. The van der Waals surface area contributed by atoms with Gasteiger partial charge in [0.2, 0.25) is 0 Å². The molecule has 0 radical (unpaired) electrons. The Morgan fingerprint density at radius 1 is 1.11 bits per heavy atom. The van der Waals surface area contributed by atoms with Crippen LogP contribution >= 0.6 is 0 Å². The lowest BCUT2D eigenvalue weighted by Gasteiger charge is -2.26. The molecule has 1 aromatic heterocycles. The highest BCUT2D eigenvalue weighted by Crippen LogP contribution is 2.37. The second kappa shape index (κ2) is 6.96. The van der Waals surface area contributed by atoms with Gasteiger partial charge in [0.25, 0.3) is 5.56 Å². The summed E-state index contributed by atoms with van der Waals surface area (Å²) in [5, 5.41) is 1.38. The largest absolute Gasteiger partial charge is 0.458 e. The lowest BCUT2D eigenvalue weighted by molar-refractivity contribution is 0.356. The van der Waals surface area contributed by atoms with Gasteiger partial charge in [-0.3, -0.25) is 4.79 Å². The molecule has 3 aromatic rings. The van der Waals surface area contributed by atoms with Gasteiger partial charge in [-0.25, -0.2) is 8.78 Å². The van der Waals surface area contributed by atoms with E-state index in [-0.39, 0.29) is 17.2 Å². The fourth-order valence-corrected chi connectivity index (χ4v) is 3.49. The topological polar surface area (TPSA) is 57.2 Å². The maximum absolute atomic E-state index is 14.1. The first-order valence-corrected chi connectivity index (χ1v) is 8.81. The number of aryl methyl sites for hydroxylation is 1. The van der Waals surface area contributed by atoms with Gasteiger partial charge in [-0.1, -0.05) is 18.2 Å². The Bertz CT molecular complexity index is 1190. The molecule has 0 saturated carbocycles. The summed E-state index contributed by atoms with van der Waals surface area (Å²) >= 11 is 0. The molecule has 0 saturated heterocycles. The molecule has 0 aliphatic heterocycles. The van der Waals surface area contributed by atoms with E-state index in [0.717, 1.165) is 23.1 Å². The molecule has 1 aliphatic carbocycles. The van der Waals surface area contributed by atoms with Crippen molar-refractivity contribution in [2.75, 3.05) is 0 Å².